The predicted octanol–water partition coefficient (Wildman–Crippen LogP) is 4.55. The molecule has 2 heterocycles. The lowest BCUT2D eigenvalue weighted by atomic mass is 10.0. The zero-order valence-electron chi connectivity index (χ0n) is 18.8. The smallest absolute Gasteiger partial charge is 0.261 e. The van der Waals surface area contributed by atoms with Crippen molar-refractivity contribution in [3.8, 4) is 17.2 Å². The van der Waals surface area contributed by atoms with Gasteiger partial charge in [0, 0.05) is 13.0 Å². The summed E-state index contributed by atoms with van der Waals surface area (Å²) in [5.74, 6) is 2.03. The van der Waals surface area contributed by atoms with Crippen LogP contribution in [0, 0.1) is 5.82 Å². The number of aromatic nitrogens is 1. The lowest BCUT2D eigenvalue weighted by Crippen LogP contribution is -2.41. The number of hydrogen-bond acceptors (Lipinski definition) is 6. The number of oxazole rings is 1. The maximum Gasteiger partial charge on any atom is 0.261 e. The third kappa shape index (κ3) is 5.27. The normalized spacial score (nSPS) is 15.8. The van der Waals surface area contributed by atoms with Gasteiger partial charge in [0.1, 0.15) is 17.6 Å². The van der Waals surface area contributed by atoms with Crippen LogP contribution in [0.15, 0.2) is 53.1 Å². The van der Waals surface area contributed by atoms with Gasteiger partial charge < -0.3 is 23.5 Å². The van der Waals surface area contributed by atoms with E-state index in [9.17, 15) is 9.18 Å². The van der Waals surface area contributed by atoms with E-state index >= 15 is 0 Å². The molecule has 7 nitrogen and oxygen atoms in total. The highest BCUT2D eigenvalue weighted by atomic mass is 19.1. The Balaban J connectivity index is 1.46. The second-order valence-electron chi connectivity index (χ2n) is 7.85. The van der Waals surface area contributed by atoms with Gasteiger partial charge in [-0.2, -0.15) is 0 Å². The highest BCUT2D eigenvalue weighted by Crippen LogP contribution is 2.37. The molecule has 1 saturated heterocycles. The maximum atomic E-state index is 13.5. The Labute approximate surface area is 192 Å². The van der Waals surface area contributed by atoms with Crippen LogP contribution in [0.4, 0.5) is 4.39 Å². The van der Waals surface area contributed by atoms with Crippen LogP contribution in [0.2, 0.25) is 0 Å². The zero-order valence-corrected chi connectivity index (χ0v) is 18.8. The van der Waals surface area contributed by atoms with Gasteiger partial charge in [0.05, 0.1) is 20.4 Å². The van der Waals surface area contributed by atoms with Crippen molar-refractivity contribution >= 4 is 5.91 Å². The number of likely N-dealkylation sites (tertiary alicyclic amines) is 1. The summed E-state index contributed by atoms with van der Waals surface area (Å²) in [5, 5.41) is 0. The number of rotatable bonds is 8. The molecule has 0 radical (unpaired) electrons. The number of hydrogen-bond donors (Lipinski definition) is 0. The SMILES string of the molecule is COc1cccc(OC)c1OCC(=O)N1CCCCC1c1ncc(Cc2cccc(F)c2)o1. The highest BCUT2D eigenvalue weighted by Gasteiger charge is 2.32. The fourth-order valence-corrected chi connectivity index (χ4v) is 4.07. The number of amides is 1. The molecule has 0 aliphatic carbocycles. The molecule has 2 aromatic carbocycles. The topological polar surface area (TPSA) is 74.0 Å². The van der Waals surface area contributed by atoms with Crippen LogP contribution in [-0.4, -0.2) is 43.2 Å². The lowest BCUT2D eigenvalue weighted by Gasteiger charge is -2.33. The largest absolute Gasteiger partial charge is 0.493 e. The van der Waals surface area contributed by atoms with E-state index in [0.29, 0.717) is 41.9 Å². The number of halogens is 1. The number of ether oxygens (including phenoxy) is 3. The Morgan fingerprint density at radius 3 is 2.64 bits per heavy atom. The minimum atomic E-state index is -0.289. The summed E-state index contributed by atoms with van der Waals surface area (Å²) in [6.45, 7) is 0.432. The fourth-order valence-electron chi connectivity index (χ4n) is 4.07. The average molecular weight is 454 g/mol. The Bertz CT molecular complexity index is 1080. The average Bonchev–Trinajstić information content (AvgIpc) is 3.30. The molecule has 0 N–H and O–H groups in total. The van der Waals surface area contributed by atoms with Crippen LogP contribution in [0.5, 0.6) is 17.2 Å². The summed E-state index contributed by atoms with van der Waals surface area (Å²) in [6, 6.07) is 11.4. The molecule has 1 fully saturated rings. The summed E-state index contributed by atoms with van der Waals surface area (Å²) in [7, 11) is 3.07. The van der Waals surface area contributed by atoms with Crippen molar-refractivity contribution < 1.29 is 27.8 Å². The third-order valence-electron chi connectivity index (χ3n) is 5.67. The van der Waals surface area contributed by atoms with E-state index in [0.717, 1.165) is 24.8 Å². The first-order chi connectivity index (χ1) is 16.1. The Morgan fingerprint density at radius 2 is 1.91 bits per heavy atom. The molecule has 174 valence electrons. The molecule has 3 aromatic rings. The molecule has 0 saturated carbocycles. The summed E-state index contributed by atoms with van der Waals surface area (Å²) in [6.07, 6.45) is 4.70. The van der Waals surface area contributed by atoms with Gasteiger partial charge in [-0.15, -0.1) is 0 Å². The van der Waals surface area contributed by atoms with Crippen molar-refractivity contribution in [1.29, 1.82) is 0 Å². The first-order valence-corrected chi connectivity index (χ1v) is 10.9. The summed E-state index contributed by atoms with van der Waals surface area (Å²) < 4.78 is 35.9. The van der Waals surface area contributed by atoms with Gasteiger partial charge in [-0.25, -0.2) is 9.37 Å². The Kier molecular flexibility index (Phi) is 7.12. The molecule has 1 aromatic heterocycles. The zero-order chi connectivity index (χ0) is 23.2. The minimum Gasteiger partial charge on any atom is -0.493 e. The van der Waals surface area contributed by atoms with E-state index in [2.05, 4.69) is 4.98 Å². The van der Waals surface area contributed by atoms with Crippen molar-refractivity contribution in [1.82, 2.24) is 9.88 Å². The number of benzene rings is 2. The molecule has 4 rings (SSSR count). The molecular weight excluding hydrogens is 427 g/mol. The summed E-state index contributed by atoms with van der Waals surface area (Å²) in [5.41, 5.74) is 0.799. The number of piperidine rings is 1. The van der Waals surface area contributed by atoms with Gasteiger partial charge in [-0.05, 0) is 49.1 Å². The minimum absolute atomic E-state index is 0.163. The van der Waals surface area contributed by atoms with Crippen molar-refractivity contribution in [2.24, 2.45) is 0 Å². The molecule has 0 spiro atoms. The Morgan fingerprint density at radius 1 is 1.15 bits per heavy atom. The van der Waals surface area contributed by atoms with Gasteiger partial charge in [0.2, 0.25) is 11.6 Å². The maximum absolute atomic E-state index is 13.5. The lowest BCUT2D eigenvalue weighted by molar-refractivity contribution is -0.137. The monoisotopic (exact) mass is 454 g/mol. The summed E-state index contributed by atoms with van der Waals surface area (Å²) >= 11 is 0. The van der Waals surface area contributed by atoms with E-state index in [4.69, 9.17) is 18.6 Å². The van der Waals surface area contributed by atoms with Gasteiger partial charge >= 0.3 is 0 Å². The highest BCUT2D eigenvalue weighted by molar-refractivity contribution is 5.78. The van der Waals surface area contributed by atoms with E-state index < -0.39 is 0 Å². The van der Waals surface area contributed by atoms with Crippen molar-refractivity contribution in [3.05, 3.63) is 71.7 Å². The molecule has 33 heavy (non-hydrogen) atoms. The van der Waals surface area contributed by atoms with E-state index in [1.165, 1.54) is 26.4 Å². The van der Waals surface area contributed by atoms with Crippen LogP contribution < -0.4 is 14.2 Å². The van der Waals surface area contributed by atoms with Crippen molar-refractivity contribution in [2.45, 2.75) is 31.7 Å². The summed E-state index contributed by atoms with van der Waals surface area (Å²) in [4.78, 5) is 19.3. The van der Waals surface area contributed by atoms with E-state index in [-0.39, 0.29) is 24.4 Å². The molecule has 8 heteroatoms. The second kappa shape index (κ2) is 10.4. The van der Waals surface area contributed by atoms with Crippen molar-refractivity contribution in [2.75, 3.05) is 27.4 Å². The van der Waals surface area contributed by atoms with Crippen LogP contribution in [0.25, 0.3) is 0 Å². The standard InChI is InChI=1S/C25H27FN2O5/c1-30-21-10-6-11-22(31-2)24(21)32-16-23(29)28-12-4-3-9-20(28)25-27-15-19(33-25)14-17-7-5-8-18(26)13-17/h5-8,10-11,13,15,20H,3-4,9,12,14,16H2,1-2H3. The third-order valence-corrected chi connectivity index (χ3v) is 5.67. The quantitative estimate of drug-likeness (QED) is 0.497. The number of carbonyl (C=O) groups excluding carboxylic acids is 1. The first kappa shape index (κ1) is 22.6. The van der Waals surface area contributed by atoms with E-state index in [1.807, 2.05) is 6.07 Å². The van der Waals surface area contributed by atoms with Gasteiger partial charge in [0.25, 0.3) is 5.91 Å². The molecule has 1 amide bonds. The molecule has 1 aliphatic rings. The van der Waals surface area contributed by atoms with Gasteiger partial charge in [0.15, 0.2) is 18.1 Å². The molecular formula is C25H27FN2O5. The number of para-hydroxylation sites is 1. The van der Waals surface area contributed by atoms with Crippen molar-refractivity contribution in [3.63, 3.8) is 0 Å². The number of carbonyl (C=O) groups is 1. The number of methoxy groups -OCH3 is 2. The first-order valence-electron chi connectivity index (χ1n) is 10.9. The molecule has 1 aliphatic heterocycles. The Hall–Kier alpha value is -3.55. The van der Waals surface area contributed by atoms with Gasteiger partial charge in [-0.1, -0.05) is 18.2 Å². The van der Waals surface area contributed by atoms with Crippen LogP contribution in [-0.2, 0) is 11.2 Å². The van der Waals surface area contributed by atoms with Crippen LogP contribution in [0.3, 0.4) is 0 Å². The van der Waals surface area contributed by atoms with Gasteiger partial charge in [-0.3, -0.25) is 4.79 Å². The van der Waals surface area contributed by atoms with Crippen LogP contribution >= 0.6 is 0 Å². The van der Waals surface area contributed by atoms with Crippen LogP contribution in [0.1, 0.15) is 42.5 Å². The molecule has 1 atom stereocenters. The number of nitrogens with zero attached hydrogens (tertiary/aromatic N) is 2. The van der Waals surface area contributed by atoms with E-state index in [1.54, 1.807) is 35.4 Å². The molecule has 0 bridgehead atoms. The fraction of sp³-hybridized carbons (Fsp3) is 0.360. The molecule has 1 unspecified atom stereocenters. The predicted molar refractivity (Wildman–Crippen MR) is 119 cm³/mol. The second-order valence-corrected chi connectivity index (χ2v) is 7.85.